The lowest BCUT2D eigenvalue weighted by Crippen LogP contribution is -1.98. The van der Waals surface area contributed by atoms with Crippen LogP contribution >= 0.6 is 0 Å². The Balaban J connectivity index is 0.000000244. The quantitative estimate of drug-likeness (QED) is 0.146. The van der Waals surface area contributed by atoms with Gasteiger partial charge in [0, 0.05) is 11.1 Å². The van der Waals surface area contributed by atoms with Gasteiger partial charge in [-0.1, -0.05) is 24.3 Å². The maximum atomic E-state index is 12.3. The molecule has 2 N–H and O–H groups in total. The molecule has 8 nitrogen and oxygen atoms in total. The molecule has 0 unspecified atom stereocenters. The van der Waals surface area contributed by atoms with Gasteiger partial charge >= 0.3 is 0 Å². The largest absolute Gasteiger partial charge is 0.508 e. The zero-order valence-electron chi connectivity index (χ0n) is 25.6. The number of carbonyl (C=O) groups excluding carboxylic acids is 2. The zero-order chi connectivity index (χ0) is 32.2. The van der Waals surface area contributed by atoms with E-state index in [9.17, 15) is 19.8 Å². The molecule has 0 heterocycles. The predicted octanol–water partition coefficient (Wildman–Crippen LogP) is 7.23. The van der Waals surface area contributed by atoms with Crippen molar-refractivity contribution in [3.8, 4) is 34.5 Å². The summed E-state index contributed by atoms with van der Waals surface area (Å²) < 4.78 is 20.9. The van der Waals surface area contributed by atoms with Crippen molar-refractivity contribution in [2.75, 3.05) is 28.4 Å². The number of phenolic OH excluding ortho intramolecular Hbond substituents is 2. The summed E-state index contributed by atoms with van der Waals surface area (Å²) in [4.78, 5) is 24.4. The van der Waals surface area contributed by atoms with Gasteiger partial charge in [0.1, 0.15) is 17.2 Å². The number of hydrogen-bond donors (Lipinski definition) is 2. The van der Waals surface area contributed by atoms with E-state index in [0.717, 1.165) is 28.0 Å². The third-order valence-electron chi connectivity index (χ3n) is 6.61. The first-order valence-corrected chi connectivity index (χ1v) is 13.6. The molecule has 0 aliphatic carbocycles. The van der Waals surface area contributed by atoms with Crippen LogP contribution in [0.25, 0.3) is 12.2 Å². The first-order valence-electron chi connectivity index (χ1n) is 13.6. The predicted molar refractivity (Wildman–Crippen MR) is 172 cm³/mol. The van der Waals surface area contributed by atoms with E-state index in [2.05, 4.69) is 0 Å². The van der Waals surface area contributed by atoms with Gasteiger partial charge in [0.05, 0.1) is 28.4 Å². The number of ketones is 2. The van der Waals surface area contributed by atoms with Crippen LogP contribution in [0.4, 0.5) is 0 Å². The fourth-order valence-electron chi connectivity index (χ4n) is 4.28. The number of rotatable bonds is 10. The van der Waals surface area contributed by atoms with E-state index in [0.29, 0.717) is 28.4 Å². The molecule has 0 saturated heterocycles. The highest BCUT2D eigenvalue weighted by molar-refractivity contribution is 6.08. The topological polar surface area (TPSA) is 112 Å². The standard InChI is InChI=1S/C19H20O5.C17H16O3/c1-12-9-14(20)6-7-15(12)16(21)8-5-13-10-17(22-2)19(24-4)18(11-13)23-3;1-12-11-14(18)6-9-16(12)17(19)10-5-13-3-7-15(20-2)8-4-13/h5-11,20H,1-4H3;3-11,18H,1-2H3/b8-5+;10-5+. The van der Waals surface area contributed by atoms with Crippen LogP contribution in [-0.4, -0.2) is 50.2 Å². The molecule has 0 spiro atoms. The second-order valence-electron chi connectivity index (χ2n) is 9.63. The fraction of sp³-hybridized carbons (Fsp3) is 0.167. The second kappa shape index (κ2) is 15.7. The van der Waals surface area contributed by atoms with Crippen molar-refractivity contribution < 1.29 is 38.7 Å². The van der Waals surface area contributed by atoms with Crippen LogP contribution < -0.4 is 18.9 Å². The number of hydrogen-bond acceptors (Lipinski definition) is 8. The van der Waals surface area contributed by atoms with Crippen molar-refractivity contribution in [1.82, 2.24) is 0 Å². The van der Waals surface area contributed by atoms with E-state index in [-0.39, 0.29) is 23.1 Å². The Morgan fingerprint density at radius 1 is 0.568 bits per heavy atom. The summed E-state index contributed by atoms with van der Waals surface area (Å²) in [5.74, 6) is 2.38. The van der Waals surface area contributed by atoms with Crippen LogP contribution in [0.3, 0.4) is 0 Å². The number of methoxy groups -OCH3 is 4. The Bertz CT molecular complexity index is 1640. The first-order chi connectivity index (χ1) is 21.1. The normalized spacial score (nSPS) is 10.7. The Hall–Kier alpha value is -5.50. The van der Waals surface area contributed by atoms with Crippen LogP contribution in [0.15, 0.2) is 84.9 Å². The molecule has 228 valence electrons. The van der Waals surface area contributed by atoms with Crippen molar-refractivity contribution in [2.24, 2.45) is 0 Å². The van der Waals surface area contributed by atoms with Gasteiger partial charge in [-0.25, -0.2) is 0 Å². The lowest BCUT2D eigenvalue weighted by atomic mass is 10.0. The van der Waals surface area contributed by atoms with Crippen LogP contribution in [0, 0.1) is 13.8 Å². The van der Waals surface area contributed by atoms with Crippen LogP contribution in [0.2, 0.25) is 0 Å². The van der Waals surface area contributed by atoms with Gasteiger partial charge in [0.15, 0.2) is 23.1 Å². The lowest BCUT2D eigenvalue weighted by molar-refractivity contribution is 0.103. The average molecular weight is 597 g/mol. The molecular formula is C36H36O8. The summed E-state index contributed by atoms with van der Waals surface area (Å²) in [5.41, 5.74) is 4.28. The van der Waals surface area contributed by atoms with Gasteiger partial charge < -0.3 is 29.2 Å². The molecule has 4 rings (SSSR count). The summed E-state index contributed by atoms with van der Waals surface area (Å²) in [7, 11) is 6.22. The molecule has 0 aliphatic heterocycles. The zero-order valence-corrected chi connectivity index (χ0v) is 25.6. The first kappa shape index (κ1) is 33.0. The monoisotopic (exact) mass is 596 g/mol. The average Bonchev–Trinajstić information content (AvgIpc) is 3.02. The fourth-order valence-corrected chi connectivity index (χ4v) is 4.28. The Kier molecular flexibility index (Phi) is 11.7. The van der Waals surface area contributed by atoms with Gasteiger partial charge in [-0.05, 0) is 109 Å². The van der Waals surface area contributed by atoms with Crippen molar-refractivity contribution in [3.05, 3.63) is 118 Å². The number of aryl methyl sites for hydroxylation is 2. The van der Waals surface area contributed by atoms with Crippen molar-refractivity contribution in [3.63, 3.8) is 0 Å². The van der Waals surface area contributed by atoms with E-state index in [4.69, 9.17) is 18.9 Å². The third kappa shape index (κ3) is 8.75. The molecule has 44 heavy (non-hydrogen) atoms. The Morgan fingerprint density at radius 2 is 1.02 bits per heavy atom. The third-order valence-corrected chi connectivity index (χ3v) is 6.61. The summed E-state index contributed by atoms with van der Waals surface area (Å²) in [6.07, 6.45) is 6.44. The molecule has 0 atom stereocenters. The minimum atomic E-state index is -0.152. The van der Waals surface area contributed by atoms with Gasteiger partial charge in [-0.3, -0.25) is 9.59 Å². The van der Waals surface area contributed by atoms with Crippen LogP contribution in [0.1, 0.15) is 43.0 Å². The van der Waals surface area contributed by atoms with Gasteiger partial charge in [0.25, 0.3) is 0 Å². The maximum absolute atomic E-state index is 12.3. The number of carbonyl (C=O) groups is 2. The lowest BCUT2D eigenvalue weighted by Gasteiger charge is -2.12. The SMILES string of the molecule is COc1cc(/C=C/C(=O)c2ccc(O)cc2C)cc(OC)c1OC.COc1ccc(/C=C/C(=O)c2ccc(O)cc2C)cc1. The van der Waals surface area contributed by atoms with Gasteiger partial charge in [-0.15, -0.1) is 0 Å². The summed E-state index contributed by atoms with van der Waals surface area (Å²) in [6, 6.07) is 20.3. The van der Waals surface area contributed by atoms with E-state index < -0.39 is 0 Å². The minimum Gasteiger partial charge on any atom is -0.508 e. The van der Waals surface area contributed by atoms with E-state index >= 15 is 0 Å². The van der Waals surface area contributed by atoms with Crippen molar-refractivity contribution in [2.45, 2.75) is 13.8 Å². The molecule has 0 aromatic heterocycles. The van der Waals surface area contributed by atoms with Crippen molar-refractivity contribution >= 4 is 23.7 Å². The number of ether oxygens (including phenoxy) is 4. The summed E-state index contributed by atoms with van der Waals surface area (Å²) >= 11 is 0. The molecule has 0 saturated carbocycles. The molecule has 0 fully saturated rings. The molecule has 4 aromatic carbocycles. The molecule has 0 bridgehead atoms. The summed E-state index contributed by atoms with van der Waals surface area (Å²) in [6.45, 7) is 3.58. The number of allylic oxidation sites excluding steroid dienone is 2. The van der Waals surface area contributed by atoms with Gasteiger partial charge in [-0.2, -0.15) is 0 Å². The molecule has 0 aliphatic rings. The highest BCUT2D eigenvalue weighted by atomic mass is 16.5. The summed E-state index contributed by atoms with van der Waals surface area (Å²) in [5, 5.41) is 18.8. The van der Waals surface area contributed by atoms with Crippen molar-refractivity contribution in [1.29, 1.82) is 0 Å². The number of benzene rings is 4. The molecule has 4 aromatic rings. The highest BCUT2D eigenvalue weighted by Crippen LogP contribution is 2.38. The van der Waals surface area contributed by atoms with Gasteiger partial charge in [0.2, 0.25) is 5.75 Å². The Labute approximate surface area is 257 Å². The number of aromatic hydroxyl groups is 2. The Morgan fingerprint density at radius 3 is 1.41 bits per heavy atom. The molecular weight excluding hydrogens is 560 g/mol. The minimum absolute atomic E-state index is 0.0849. The molecule has 0 radical (unpaired) electrons. The van der Waals surface area contributed by atoms with E-state index in [1.807, 2.05) is 24.3 Å². The smallest absolute Gasteiger partial charge is 0.203 e. The number of phenols is 2. The molecule has 8 heteroatoms. The second-order valence-corrected chi connectivity index (χ2v) is 9.63. The van der Waals surface area contributed by atoms with Crippen LogP contribution in [-0.2, 0) is 0 Å². The van der Waals surface area contributed by atoms with E-state index in [1.165, 1.54) is 45.6 Å². The molecule has 0 amide bonds. The van der Waals surface area contributed by atoms with E-state index in [1.54, 1.807) is 69.5 Å². The maximum Gasteiger partial charge on any atom is 0.203 e. The highest BCUT2D eigenvalue weighted by Gasteiger charge is 2.13. The van der Waals surface area contributed by atoms with Crippen LogP contribution in [0.5, 0.6) is 34.5 Å².